The molecule has 0 amide bonds. The van der Waals surface area contributed by atoms with Gasteiger partial charge >= 0.3 is 7.12 Å². The number of aromatic nitrogens is 1. The lowest BCUT2D eigenvalue weighted by Gasteiger charge is -2.32. The van der Waals surface area contributed by atoms with Crippen molar-refractivity contribution < 1.29 is 18.6 Å². The highest BCUT2D eigenvalue weighted by Crippen LogP contribution is 2.37. The average Bonchev–Trinajstić information content (AvgIpc) is 3.09. The molecular weight excluding hydrogens is 318 g/mol. The molecule has 0 aliphatic carbocycles. The molecule has 1 saturated heterocycles. The van der Waals surface area contributed by atoms with Gasteiger partial charge in [-0.15, -0.1) is 0 Å². The van der Waals surface area contributed by atoms with Crippen LogP contribution in [0, 0.1) is 0 Å². The second-order valence-corrected chi connectivity index (χ2v) is 6.38. The highest BCUT2D eigenvalue weighted by molar-refractivity contribution is 6.62. The summed E-state index contributed by atoms with van der Waals surface area (Å²) in [5.74, 6) is 0.444. The molecule has 0 atom stereocenters. The maximum atomic E-state index is 5.96. The Bertz CT molecular complexity index is 451. The maximum Gasteiger partial charge on any atom is 0.503 e. The third kappa shape index (κ3) is 7.04. The molecule has 0 aromatic carbocycles. The largest absolute Gasteiger partial charge is 0.503 e. The van der Waals surface area contributed by atoms with E-state index in [9.17, 15) is 0 Å². The fourth-order valence-corrected chi connectivity index (χ4v) is 1.89. The normalized spacial score (nSPS) is 17.2. The van der Waals surface area contributed by atoms with Crippen molar-refractivity contribution in [2.75, 3.05) is 20.2 Å². The van der Waals surface area contributed by atoms with Crippen LogP contribution < -0.4 is 15.5 Å². The monoisotopic (exact) mass is 352 g/mol. The second-order valence-electron chi connectivity index (χ2n) is 6.38. The van der Waals surface area contributed by atoms with Gasteiger partial charge in [0.2, 0.25) is 0 Å². The van der Waals surface area contributed by atoms with Crippen molar-refractivity contribution in [1.82, 2.24) is 10.5 Å². The number of hydrogen-bond acceptors (Lipinski definition) is 6. The van der Waals surface area contributed by atoms with E-state index in [1.807, 2.05) is 55.5 Å². The van der Waals surface area contributed by atoms with Gasteiger partial charge in [-0.1, -0.05) is 27.1 Å². The van der Waals surface area contributed by atoms with Crippen LogP contribution in [0.3, 0.4) is 0 Å². The fraction of sp³-hybridized carbons (Fsp3) is 0.824. The van der Waals surface area contributed by atoms with Gasteiger partial charge < -0.3 is 23.9 Å². The SMILES string of the molecule is CC.CNCCCOc1nocc1B1OC(C)(C)C(C)(C)O1.[B]CC. The highest BCUT2D eigenvalue weighted by atomic mass is 16.7. The van der Waals surface area contributed by atoms with Crippen LogP contribution >= 0.6 is 0 Å². The zero-order valence-corrected chi connectivity index (χ0v) is 17.1. The summed E-state index contributed by atoms with van der Waals surface area (Å²) in [7, 11) is 6.25. The summed E-state index contributed by atoms with van der Waals surface area (Å²) >= 11 is 0. The molecule has 0 spiro atoms. The Balaban J connectivity index is 0.00000104. The molecule has 0 unspecified atom stereocenters. The van der Waals surface area contributed by atoms with E-state index < -0.39 is 18.3 Å². The topological polar surface area (TPSA) is 65.8 Å². The van der Waals surface area contributed by atoms with Gasteiger partial charge in [-0.25, -0.2) is 0 Å². The molecular formula is C17H34B2N2O4. The van der Waals surface area contributed by atoms with E-state index in [1.165, 1.54) is 6.26 Å². The van der Waals surface area contributed by atoms with Gasteiger partial charge in [0.05, 0.1) is 31.1 Å². The van der Waals surface area contributed by atoms with Gasteiger partial charge in [-0.2, -0.15) is 0 Å². The zero-order valence-electron chi connectivity index (χ0n) is 17.1. The van der Waals surface area contributed by atoms with Gasteiger partial charge in [0, 0.05) is 0 Å². The molecule has 2 radical (unpaired) electrons. The molecule has 1 N–H and O–H groups in total. The van der Waals surface area contributed by atoms with E-state index in [1.54, 1.807) is 0 Å². The summed E-state index contributed by atoms with van der Waals surface area (Å²) in [6.45, 7) is 15.4. The summed E-state index contributed by atoms with van der Waals surface area (Å²) < 4.78 is 22.5. The predicted octanol–water partition coefficient (Wildman–Crippen LogP) is 2.58. The smallest absolute Gasteiger partial charge is 0.476 e. The molecule has 2 rings (SSSR count). The highest BCUT2D eigenvalue weighted by Gasteiger charge is 2.53. The number of nitrogens with zero attached hydrogens (tertiary/aromatic N) is 1. The van der Waals surface area contributed by atoms with Crippen LogP contribution in [-0.4, -0.2) is 51.5 Å². The quantitative estimate of drug-likeness (QED) is 0.627. The van der Waals surface area contributed by atoms with Crippen molar-refractivity contribution in [3.63, 3.8) is 0 Å². The van der Waals surface area contributed by atoms with Crippen molar-refractivity contribution in [3.05, 3.63) is 6.26 Å². The second kappa shape index (κ2) is 11.6. The number of hydrogen-bond donors (Lipinski definition) is 1. The molecule has 25 heavy (non-hydrogen) atoms. The molecule has 2 heterocycles. The molecule has 1 fully saturated rings. The Hall–Kier alpha value is -0.980. The first-order valence-electron chi connectivity index (χ1n) is 9.06. The molecule has 1 aliphatic heterocycles. The van der Waals surface area contributed by atoms with E-state index in [0.29, 0.717) is 17.9 Å². The number of ether oxygens (including phenoxy) is 1. The van der Waals surface area contributed by atoms with Gasteiger partial charge in [0.1, 0.15) is 6.26 Å². The fourth-order valence-electron chi connectivity index (χ4n) is 1.89. The van der Waals surface area contributed by atoms with Crippen molar-refractivity contribution >= 4 is 20.4 Å². The Labute approximate surface area is 154 Å². The van der Waals surface area contributed by atoms with E-state index in [-0.39, 0.29) is 0 Å². The van der Waals surface area contributed by atoms with Crippen LogP contribution in [0.25, 0.3) is 0 Å². The van der Waals surface area contributed by atoms with Gasteiger partial charge in [-0.3, -0.25) is 0 Å². The van der Waals surface area contributed by atoms with Gasteiger partial charge in [0.25, 0.3) is 5.88 Å². The van der Waals surface area contributed by atoms with Crippen molar-refractivity contribution in [2.24, 2.45) is 0 Å². The summed E-state index contributed by atoms with van der Waals surface area (Å²) in [5.41, 5.74) is -0.0791. The van der Waals surface area contributed by atoms with E-state index in [2.05, 4.69) is 10.5 Å². The predicted molar refractivity (Wildman–Crippen MR) is 104 cm³/mol. The number of nitrogens with one attached hydrogen (secondary N) is 1. The summed E-state index contributed by atoms with van der Waals surface area (Å²) in [6, 6.07) is 0. The van der Waals surface area contributed by atoms with E-state index in [0.717, 1.165) is 19.3 Å². The Morgan fingerprint density at radius 2 is 1.72 bits per heavy atom. The van der Waals surface area contributed by atoms with Crippen LogP contribution in [0.1, 0.15) is 54.9 Å². The first-order chi connectivity index (χ1) is 11.8. The third-order valence-corrected chi connectivity index (χ3v) is 3.88. The van der Waals surface area contributed by atoms with E-state index >= 15 is 0 Å². The maximum absolute atomic E-state index is 5.96. The van der Waals surface area contributed by atoms with Crippen LogP contribution in [0.5, 0.6) is 5.88 Å². The lowest BCUT2D eigenvalue weighted by Crippen LogP contribution is -2.41. The molecule has 1 aromatic rings. The van der Waals surface area contributed by atoms with Gasteiger partial charge in [0.15, 0.2) is 0 Å². The molecule has 0 bridgehead atoms. The first kappa shape index (κ1) is 24.0. The van der Waals surface area contributed by atoms with Crippen LogP contribution in [-0.2, 0) is 9.31 Å². The Kier molecular flexibility index (Phi) is 11.1. The van der Waals surface area contributed by atoms with Crippen molar-refractivity contribution in [3.8, 4) is 5.88 Å². The van der Waals surface area contributed by atoms with Gasteiger partial charge in [-0.05, 0) is 52.9 Å². The molecule has 1 aromatic heterocycles. The van der Waals surface area contributed by atoms with Crippen molar-refractivity contribution in [2.45, 2.75) is 72.4 Å². The molecule has 0 saturated carbocycles. The molecule has 1 aliphatic rings. The summed E-state index contributed by atoms with van der Waals surface area (Å²) in [5, 5.41) is 6.94. The Morgan fingerprint density at radius 1 is 1.20 bits per heavy atom. The summed E-state index contributed by atoms with van der Waals surface area (Å²) in [4.78, 5) is 0. The average molecular weight is 352 g/mol. The molecule has 8 heteroatoms. The first-order valence-corrected chi connectivity index (χ1v) is 9.06. The lowest BCUT2D eigenvalue weighted by atomic mass is 9.81. The Morgan fingerprint density at radius 3 is 2.20 bits per heavy atom. The van der Waals surface area contributed by atoms with Crippen LogP contribution in [0.2, 0.25) is 6.32 Å². The van der Waals surface area contributed by atoms with Crippen LogP contribution in [0.15, 0.2) is 10.8 Å². The molecule has 6 nitrogen and oxygen atoms in total. The standard InChI is InChI=1S/C13H23BN2O4.C2H5B.C2H6/c1-12(2)13(3,4)20-14(19-12)10-9-18-16-11(10)17-8-6-7-15-5;1-2-3;1-2/h9,15H,6-8H2,1-5H3;2H2,1H3;1-2H3. The zero-order chi connectivity index (χ0) is 19.5. The molecule has 142 valence electrons. The third-order valence-electron chi connectivity index (χ3n) is 3.88. The summed E-state index contributed by atoms with van der Waals surface area (Å²) in [6.07, 6.45) is 3.17. The minimum atomic E-state index is -0.509. The van der Waals surface area contributed by atoms with Crippen LogP contribution in [0.4, 0.5) is 0 Å². The van der Waals surface area contributed by atoms with Crippen molar-refractivity contribution in [1.29, 1.82) is 0 Å². The lowest BCUT2D eigenvalue weighted by molar-refractivity contribution is 0.00578. The minimum absolute atomic E-state index is 0.391. The minimum Gasteiger partial charge on any atom is -0.476 e. The van der Waals surface area contributed by atoms with E-state index in [4.69, 9.17) is 26.4 Å². The number of rotatable bonds is 6.